The number of nitrogens with zero attached hydrogens (tertiary/aromatic N) is 2. The lowest BCUT2D eigenvalue weighted by molar-refractivity contribution is -0.121. The molecule has 0 saturated carbocycles. The highest BCUT2D eigenvalue weighted by Gasteiger charge is 2.20. The first-order valence-corrected chi connectivity index (χ1v) is 10.6. The number of aryl methyl sites for hydroxylation is 1. The molecule has 0 fully saturated rings. The Morgan fingerprint density at radius 1 is 0.938 bits per heavy atom. The predicted octanol–water partition coefficient (Wildman–Crippen LogP) is 4.15. The SMILES string of the molecule is Cc1ccc(CNC(=O)Cn2c(C(C)NC(=O)c3ccccc3)nc3ccccc32)cc1. The Bertz CT molecular complexity index is 1230. The number of carbonyl (C=O) groups excluding carboxylic acids is 2. The van der Waals surface area contributed by atoms with Gasteiger partial charge in [0.05, 0.1) is 17.1 Å². The number of nitrogens with one attached hydrogen (secondary N) is 2. The number of aromatic nitrogens is 2. The van der Waals surface area contributed by atoms with Crippen molar-refractivity contribution in [1.82, 2.24) is 20.2 Å². The van der Waals surface area contributed by atoms with E-state index in [0.717, 1.165) is 16.6 Å². The van der Waals surface area contributed by atoms with Gasteiger partial charge >= 0.3 is 0 Å². The molecule has 6 heteroatoms. The van der Waals surface area contributed by atoms with Gasteiger partial charge in [0.1, 0.15) is 12.4 Å². The van der Waals surface area contributed by atoms with Gasteiger partial charge in [-0.15, -0.1) is 0 Å². The van der Waals surface area contributed by atoms with E-state index in [2.05, 4.69) is 10.6 Å². The second-order valence-corrected chi connectivity index (χ2v) is 7.87. The molecule has 162 valence electrons. The third-order valence-corrected chi connectivity index (χ3v) is 5.37. The number of carbonyl (C=O) groups is 2. The van der Waals surface area contributed by atoms with Gasteiger partial charge in [0.15, 0.2) is 0 Å². The summed E-state index contributed by atoms with van der Waals surface area (Å²) in [6.45, 7) is 4.49. The molecule has 4 rings (SSSR count). The molecule has 2 N–H and O–H groups in total. The molecule has 3 aromatic carbocycles. The summed E-state index contributed by atoms with van der Waals surface area (Å²) in [5.41, 5.74) is 4.45. The fourth-order valence-corrected chi connectivity index (χ4v) is 3.63. The van der Waals surface area contributed by atoms with Crippen molar-refractivity contribution in [3.63, 3.8) is 0 Å². The first-order chi connectivity index (χ1) is 15.5. The van der Waals surface area contributed by atoms with Crippen LogP contribution in [0.25, 0.3) is 11.0 Å². The van der Waals surface area contributed by atoms with Crippen molar-refractivity contribution >= 4 is 22.8 Å². The molecule has 2 amide bonds. The van der Waals surface area contributed by atoms with Crippen molar-refractivity contribution in [2.45, 2.75) is 33.0 Å². The van der Waals surface area contributed by atoms with E-state index in [1.807, 2.05) is 85.1 Å². The van der Waals surface area contributed by atoms with Crippen molar-refractivity contribution in [2.24, 2.45) is 0 Å². The third kappa shape index (κ3) is 4.86. The molecule has 0 saturated heterocycles. The molecular weight excluding hydrogens is 400 g/mol. The van der Waals surface area contributed by atoms with Crippen molar-refractivity contribution in [2.75, 3.05) is 0 Å². The van der Waals surface area contributed by atoms with E-state index >= 15 is 0 Å². The van der Waals surface area contributed by atoms with E-state index in [1.165, 1.54) is 5.56 Å². The van der Waals surface area contributed by atoms with Crippen molar-refractivity contribution in [3.8, 4) is 0 Å². The number of fused-ring (bicyclic) bond motifs is 1. The molecule has 6 nitrogen and oxygen atoms in total. The quantitative estimate of drug-likeness (QED) is 0.466. The van der Waals surface area contributed by atoms with Crippen LogP contribution in [0.1, 0.15) is 40.3 Å². The Morgan fingerprint density at radius 2 is 1.62 bits per heavy atom. The minimum absolute atomic E-state index is 0.114. The summed E-state index contributed by atoms with van der Waals surface area (Å²) in [6.07, 6.45) is 0. The first kappa shape index (κ1) is 21.3. The Kier molecular flexibility index (Phi) is 6.31. The van der Waals surface area contributed by atoms with Crippen LogP contribution >= 0.6 is 0 Å². The van der Waals surface area contributed by atoms with E-state index in [-0.39, 0.29) is 24.4 Å². The molecule has 1 aromatic heterocycles. The highest BCUT2D eigenvalue weighted by atomic mass is 16.2. The van der Waals surface area contributed by atoms with E-state index in [4.69, 9.17) is 4.98 Å². The lowest BCUT2D eigenvalue weighted by Crippen LogP contribution is -2.31. The van der Waals surface area contributed by atoms with Crippen molar-refractivity contribution in [3.05, 3.63) is 101 Å². The normalized spacial score (nSPS) is 11.8. The number of rotatable bonds is 7. The number of para-hydroxylation sites is 2. The maximum atomic E-state index is 12.8. The van der Waals surface area contributed by atoms with Crippen molar-refractivity contribution < 1.29 is 9.59 Å². The van der Waals surface area contributed by atoms with E-state index in [9.17, 15) is 9.59 Å². The van der Waals surface area contributed by atoms with Gasteiger partial charge in [-0.2, -0.15) is 0 Å². The van der Waals surface area contributed by atoms with Crippen LogP contribution in [0.5, 0.6) is 0 Å². The largest absolute Gasteiger partial charge is 0.350 e. The van der Waals surface area contributed by atoms with Crippen LogP contribution < -0.4 is 10.6 Å². The summed E-state index contributed by atoms with van der Waals surface area (Å²) in [7, 11) is 0. The van der Waals surface area contributed by atoms with Crippen LogP contribution in [0.4, 0.5) is 0 Å². The fourth-order valence-electron chi connectivity index (χ4n) is 3.63. The predicted molar refractivity (Wildman–Crippen MR) is 125 cm³/mol. The molecule has 0 bridgehead atoms. The van der Waals surface area contributed by atoms with Crippen LogP contribution in [0, 0.1) is 6.92 Å². The lowest BCUT2D eigenvalue weighted by atomic mass is 10.1. The van der Waals surface area contributed by atoms with Gasteiger partial charge < -0.3 is 15.2 Å². The third-order valence-electron chi connectivity index (χ3n) is 5.37. The topological polar surface area (TPSA) is 76.0 Å². The van der Waals surface area contributed by atoms with Gasteiger partial charge in [0.2, 0.25) is 5.91 Å². The van der Waals surface area contributed by atoms with Gasteiger partial charge in [0.25, 0.3) is 5.91 Å². The number of imidazole rings is 1. The lowest BCUT2D eigenvalue weighted by Gasteiger charge is -2.16. The molecule has 0 aliphatic rings. The van der Waals surface area contributed by atoms with Gasteiger partial charge in [-0.3, -0.25) is 9.59 Å². The molecule has 0 aliphatic heterocycles. The molecule has 0 aliphatic carbocycles. The highest BCUT2D eigenvalue weighted by molar-refractivity contribution is 5.94. The standard InChI is InChI=1S/C26H26N4O2/c1-18-12-14-20(15-13-18)16-27-24(31)17-30-23-11-7-6-10-22(23)29-25(30)19(2)28-26(32)21-8-4-3-5-9-21/h3-15,19H,16-17H2,1-2H3,(H,27,31)(H,28,32). The minimum Gasteiger partial charge on any atom is -0.350 e. The maximum Gasteiger partial charge on any atom is 0.251 e. The average Bonchev–Trinajstić information content (AvgIpc) is 3.18. The molecule has 1 unspecified atom stereocenters. The number of amides is 2. The highest BCUT2D eigenvalue weighted by Crippen LogP contribution is 2.21. The van der Waals surface area contributed by atoms with Gasteiger partial charge in [-0.05, 0) is 43.7 Å². The minimum atomic E-state index is -0.375. The Labute approximate surface area is 187 Å². The van der Waals surface area contributed by atoms with Crippen molar-refractivity contribution in [1.29, 1.82) is 0 Å². The summed E-state index contributed by atoms with van der Waals surface area (Å²) < 4.78 is 1.87. The van der Waals surface area contributed by atoms with E-state index < -0.39 is 0 Å². The first-order valence-electron chi connectivity index (χ1n) is 10.6. The van der Waals surface area contributed by atoms with Crippen LogP contribution in [-0.2, 0) is 17.9 Å². The van der Waals surface area contributed by atoms with Gasteiger partial charge in [-0.1, -0.05) is 60.2 Å². The average molecular weight is 427 g/mol. The van der Waals surface area contributed by atoms with Gasteiger partial charge in [-0.25, -0.2) is 4.98 Å². The second-order valence-electron chi connectivity index (χ2n) is 7.87. The van der Waals surface area contributed by atoms with Crippen LogP contribution in [-0.4, -0.2) is 21.4 Å². The van der Waals surface area contributed by atoms with Crippen LogP contribution in [0.15, 0.2) is 78.9 Å². The molecule has 0 spiro atoms. The Morgan fingerprint density at radius 3 is 2.38 bits per heavy atom. The molecule has 4 aromatic rings. The fraction of sp³-hybridized carbons (Fsp3) is 0.192. The number of hydrogen-bond acceptors (Lipinski definition) is 3. The number of hydrogen-bond donors (Lipinski definition) is 2. The molecular formula is C26H26N4O2. The van der Waals surface area contributed by atoms with Crippen LogP contribution in [0.2, 0.25) is 0 Å². The summed E-state index contributed by atoms with van der Waals surface area (Å²) in [5, 5.41) is 5.98. The zero-order valence-electron chi connectivity index (χ0n) is 18.2. The smallest absolute Gasteiger partial charge is 0.251 e. The summed E-state index contributed by atoms with van der Waals surface area (Å²) in [6, 6.07) is 24.4. The Balaban J connectivity index is 1.52. The zero-order valence-corrected chi connectivity index (χ0v) is 18.2. The summed E-state index contributed by atoms with van der Waals surface area (Å²) in [4.78, 5) is 30.1. The van der Waals surface area contributed by atoms with Gasteiger partial charge in [0, 0.05) is 12.1 Å². The summed E-state index contributed by atoms with van der Waals surface area (Å²) in [5.74, 6) is 0.345. The monoisotopic (exact) mass is 426 g/mol. The molecule has 0 radical (unpaired) electrons. The second kappa shape index (κ2) is 9.47. The van der Waals surface area contributed by atoms with E-state index in [0.29, 0.717) is 17.9 Å². The maximum absolute atomic E-state index is 12.8. The Hall–Kier alpha value is -3.93. The van der Waals surface area contributed by atoms with E-state index in [1.54, 1.807) is 12.1 Å². The summed E-state index contributed by atoms with van der Waals surface area (Å²) >= 11 is 0. The number of benzene rings is 3. The molecule has 1 heterocycles. The zero-order chi connectivity index (χ0) is 22.5. The van der Waals surface area contributed by atoms with Crippen LogP contribution in [0.3, 0.4) is 0 Å². The molecule has 32 heavy (non-hydrogen) atoms. The molecule has 1 atom stereocenters.